The monoisotopic (exact) mass is 478 g/mol. The van der Waals surface area contributed by atoms with Crippen LogP contribution in [0.2, 0.25) is 0 Å². The molecule has 0 spiro atoms. The van der Waals surface area contributed by atoms with Crippen molar-refractivity contribution in [3.05, 3.63) is 54.1 Å². The lowest BCUT2D eigenvalue weighted by molar-refractivity contribution is -0.117. The number of anilines is 3. The minimum atomic E-state index is -0.0586. The van der Waals surface area contributed by atoms with E-state index in [2.05, 4.69) is 67.5 Å². The van der Waals surface area contributed by atoms with Crippen LogP contribution in [0.5, 0.6) is 0 Å². The largest absolute Gasteiger partial charge is 0.395 e. The van der Waals surface area contributed by atoms with Crippen molar-refractivity contribution in [1.82, 2.24) is 15.5 Å². The molecule has 3 unspecified atom stereocenters. The number of benzene rings is 2. The topological polar surface area (TPSA) is 91.9 Å². The van der Waals surface area contributed by atoms with Crippen LogP contribution in [-0.4, -0.2) is 80.5 Å². The lowest BCUT2D eigenvalue weighted by Gasteiger charge is -2.35. The molecule has 3 fully saturated rings. The van der Waals surface area contributed by atoms with Crippen LogP contribution in [0.3, 0.4) is 0 Å². The Morgan fingerprint density at radius 1 is 0.971 bits per heavy atom. The van der Waals surface area contributed by atoms with Crippen molar-refractivity contribution in [3.63, 3.8) is 0 Å². The molecular weight excluding hydrogens is 440 g/mol. The molecule has 0 aromatic heterocycles. The third-order valence-electron chi connectivity index (χ3n) is 7.52. The number of amides is 1. The van der Waals surface area contributed by atoms with E-state index in [1.54, 1.807) is 0 Å². The number of hydrogen-bond donors (Lipinski definition) is 5. The zero-order valence-electron chi connectivity index (χ0n) is 20.4. The molecule has 2 aromatic carbocycles. The first kappa shape index (κ1) is 24.1. The number of nitrogens with zero attached hydrogens (tertiary/aromatic N) is 2. The van der Waals surface area contributed by atoms with E-state index < -0.39 is 0 Å². The summed E-state index contributed by atoms with van der Waals surface area (Å²) in [5.74, 6) is 0.514. The molecule has 8 nitrogen and oxygen atoms in total. The summed E-state index contributed by atoms with van der Waals surface area (Å²) in [4.78, 5) is 17.0. The van der Waals surface area contributed by atoms with E-state index >= 15 is 0 Å². The fourth-order valence-electron chi connectivity index (χ4n) is 5.42. The number of rotatable bonds is 8. The Hall–Kier alpha value is -2.65. The molecule has 0 bridgehead atoms. The van der Waals surface area contributed by atoms with Crippen molar-refractivity contribution in [2.45, 2.75) is 37.4 Å². The number of hydrogen-bond acceptors (Lipinski definition) is 7. The molecule has 3 saturated heterocycles. The van der Waals surface area contributed by atoms with Crippen molar-refractivity contribution < 1.29 is 9.90 Å². The fourth-order valence-corrected chi connectivity index (χ4v) is 5.42. The lowest BCUT2D eigenvalue weighted by Crippen LogP contribution is -2.47. The van der Waals surface area contributed by atoms with Gasteiger partial charge < -0.3 is 26.0 Å². The maximum atomic E-state index is 12.3. The van der Waals surface area contributed by atoms with E-state index in [1.807, 2.05) is 12.1 Å². The molecule has 0 saturated carbocycles. The van der Waals surface area contributed by atoms with Gasteiger partial charge in [0.1, 0.15) is 0 Å². The van der Waals surface area contributed by atoms with Crippen molar-refractivity contribution in [2.75, 3.05) is 68.0 Å². The fraction of sp³-hybridized carbons (Fsp3) is 0.519. The van der Waals surface area contributed by atoms with Crippen LogP contribution in [0.25, 0.3) is 0 Å². The number of carbonyl (C=O) groups is 1. The number of aliphatic hydroxyl groups is 1. The molecule has 3 atom stereocenters. The highest BCUT2D eigenvalue weighted by Crippen LogP contribution is 2.28. The molecule has 5 N–H and O–H groups in total. The van der Waals surface area contributed by atoms with Crippen molar-refractivity contribution in [2.24, 2.45) is 0 Å². The molecule has 1 amide bonds. The highest BCUT2D eigenvalue weighted by atomic mass is 16.3. The molecule has 5 rings (SSSR count). The zero-order chi connectivity index (χ0) is 24.0. The molecule has 188 valence electrons. The number of nitrogens with one attached hydrogen (secondary N) is 4. The quantitative estimate of drug-likeness (QED) is 0.396. The second kappa shape index (κ2) is 11.4. The highest BCUT2D eigenvalue weighted by Gasteiger charge is 2.26. The summed E-state index contributed by atoms with van der Waals surface area (Å²) in [5.41, 5.74) is 4.55. The molecule has 3 aliphatic rings. The van der Waals surface area contributed by atoms with Gasteiger partial charge in [0.05, 0.1) is 18.8 Å². The van der Waals surface area contributed by atoms with Gasteiger partial charge in [-0.2, -0.15) is 0 Å². The van der Waals surface area contributed by atoms with E-state index in [9.17, 15) is 4.79 Å². The SMILES string of the molecule is O=C(Nc1ccc(C2CNC(Nc3ccc(N4CCN(CCO)CC4)cc3)C2)cc1)C1CCCN1. The predicted molar refractivity (Wildman–Crippen MR) is 141 cm³/mol. The average molecular weight is 479 g/mol. The van der Waals surface area contributed by atoms with Crippen LogP contribution in [0, 0.1) is 0 Å². The van der Waals surface area contributed by atoms with E-state index in [0.29, 0.717) is 5.92 Å². The van der Waals surface area contributed by atoms with E-state index in [4.69, 9.17) is 5.11 Å². The second-order valence-corrected chi connectivity index (χ2v) is 9.90. The van der Waals surface area contributed by atoms with Crippen LogP contribution in [0.1, 0.15) is 30.7 Å². The smallest absolute Gasteiger partial charge is 0.241 e. The summed E-state index contributed by atoms with van der Waals surface area (Å²) in [7, 11) is 0. The summed E-state index contributed by atoms with van der Waals surface area (Å²) in [5, 5.41) is 22.6. The predicted octanol–water partition coefficient (Wildman–Crippen LogP) is 2.01. The number of aliphatic hydroxyl groups excluding tert-OH is 1. The normalized spacial score (nSPS) is 25.1. The summed E-state index contributed by atoms with van der Waals surface area (Å²) in [6.07, 6.45) is 3.23. The third kappa shape index (κ3) is 6.13. The van der Waals surface area contributed by atoms with Crippen molar-refractivity contribution >= 4 is 23.0 Å². The van der Waals surface area contributed by atoms with Gasteiger partial charge in [0.25, 0.3) is 0 Å². The van der Waals surface area contributed by atoms with Gasteiger partial charge in [-0.25, -0.2) is 0 Å². The van der Waals surface area contributed by atoms with Crippen LogP contribution in [-0.2, 0) is 4.79 Å². The number of β-amino-alcohol motifs (C(OH)–C–C–N with tert-alkyl or cyclic N) is 1. The summed E-state index contributed by atoms with van der Waals surface area (Å²) in [6.45, 7) is 6.86. The van der Waals surface area contributed by atoms with Gasteiger partial charge in [-0.1, -0.05) is 12.1 Å². The minimum Gasteiger partial charge on any atom is -0.395 e. The molecule has 0 aliphatic carbocycles. The van der Waals surface area contributed by atoms with Crippen LogP contribution < -0.4 is 26.2 Å². The Balaban J connectivity index is 1.09. The van der Waals surface area contributed by atoms with Gasteiger partial charge in [-0.05, 0) is 73.7 Å². The van der Waals surface area contributed by atoms with E-state index in [-0.39, 0.29) is 24.7 Å². The zero-order valence-corrected chi connectivity index (χ0v) is 20.4. The Morgan fingerprint density at radius 2 is 1.71 bits per heavy atom. The molecule has 8 heteroatoms. The first-order valence-corrected chi connectivity index (χ1v) is 13.0. The van der Waals surface area contributed by atoms with Gasteiger partial charge in [0.15, 0.2) is 0 Å². The Kier molecular flexibility index (Phi) is 7.83. The summed E-state index contributed by atoms with van der Waals surface area (Å²) >= 11 is 0. The molecule has 3 heterocycles. The van der Waals surface area contributed by atoms with Crippen LogP contribution in [0.15, 0.2) is 48.5 Å². The summed E-state index contributed by atoms with van der Waals surface area (Å²) < 4.78 is 0. The van der Waals surface area contributed by atoms with Gasteiger partial charge in [-0.15, -0.1) is 0 Å². The lowest BCUT2D eigenvalue weighted by atomic mass is 9.97. The third-order valence-corrected chi connectivity index (χ3v) is 7.52. The highest BCUT2D eigenvalue weighted by molar-refractivity contribution is 5.95. The van der Waals surface area contributed by atoms with Gasteiger partial charge in [-0.3, -0.25) is 15.0 Å². The van der Waals surface area contributed by atoms with Gasteiger partial charge >= 0.3 is 0 Å². The maximum absolute atomic E-state index is 12.3. The molecule has 35 heavy (non-hydrogen) atoms. The summed E-state index contributed by atoms with van der Waals surface area (Å²) in [6, 6.07) is 17.0. The first-order chi connectivity index (χ1) is 17.2. The van der Waals surface area contributed by atoms with Crippen LogP contribution in [0.4, 0.5) is 17.1 Å². The van der Waals surface area contributed by atoms with Crippen molar-refractivity contribution in [1.29, 1.82) is 0 Å². The van der Waals surface area contributed by atoms with Crippen LogP contribution >= 0.6 is 0 Å². The second-order valence-electron chi connectivity index (χ2n) is 9.90. The minimum absolute atomic E-state index is 0.0586. The van der Waals surface area contributed by atoms with E-state index in [1.165, 1.54) is 11.3 Å². The molecule has 3 aliphatic heterocycles. The van der Waals surface area contributed by atoms with Gasteiger partial charge in [0, 0.05) is 56.3 Å². The maximum Gasteiger partial charge on any atom is 0.241 e. The first-order valence-electron chi connectivity index (χ1n) is 13.0. The van der Waals surface area contributed by atoms with Gasteiger partial charge in [0.2, 0.25) is 5.91 Å². The van der Waals surface area contributed by atoms with E-state index in [0.717, 1.165) is 76.5 Å². The Bertz CT molecular complexity index is 953. The molecular formula is C27H38N6O2. The Labute approximate surface area is 208 Å². The molecule has 0 radical (unpaired) electrons. The number of piperazine rings is 1. The Morgan fingerprint density at radius 3 is 2.40 bits per heavy atom. The van der Waals surface area contributed by atoms with Crippen molar-refractivity contribution in [3.8, 4) is 0 Å². The molecule has 2 aromatic rings. The number of carbonyl (C=O) groups excluding carboxylic acids is 1. The standard InChI is InChI=1S/C27H38N6O2/c34-17-16-32-12-14-33(15-13-32)24-9-7-22(8-10-24)30-26-18-21(19-29-26)20-3-5-23(6-4-20)31-27(35)25-2-1-11-28-25/h3-10,21,25-26,28-30,34H,1-2,11-19H2,(H,31,35). The average Bonchev–Trinajstić information content (AvgIpc) is 3.59.